The van der Waals surface area contributed by atoms with E-state index >= 15 is 0 Å². The van der Waals surface area contributed by atoms with E-state index in [0.29, 0.717) is 19.0 Å². The maximum absolute atomic E-state index is 12.0. The van der Waals surface area contributed by atoms with Gasteiger partial charge in [-0.3, -0.25) is 4.90 Å². The van der Waals surface area contributed by atoms with Crippen molar-refractivity contribution in [3.05, 3.63) is 41.7 Å². The van der Waals surface area contributed by atoms with Crippen LogP contribution in [0.1, 0.15) is 12.5 Å². The van der Waals surface area contributed by atoms with Crippen molar-refractivity contribution in [2.24, 2.45) is 0 Å². The van der Waals surface area contributed by atoms with E-state index in [0.717, 1.165) is 24.2 Å². The number of ether oxygens (including phenoxy) is 1. The zero-order valence-electron chi connectivity index (χ0n) is 12.0. The van der Waals surface area contributed by atoms with Crippen LogP contribution in [0.4, 0.5) is 0 Å². The number of hydrogen-bond acceptors (Lipinski definition) is 5. The molecule has 0 saturated carbocycles. The molecule has 21 heavy (non-hydrogen) atoms. The Balaban J connectivity index is 2.02. The molecule has 0 bridgehead atoms. The summed E-state index contributed by atoms with van der Waals surface area (Å²) in [6, 6.07) is 9.67. The van der Waals surface area contributed by atoms with Crippen LogP contribution >= 0.6 is 0 Å². The van der Waals surface area contributed by atoms with E-state index < -0.39 is 10.1 Å². The molecule has 6 heteroatoms. The Hall–Kier alpha value is -1.37. The minimum Gasteiger partial charge on any atom is -0.387 e. The normalized spacial score (nSPS) is 26.4. The van der Waals surface area contributed by atoms with Crippen LogP contribution in [-0.4, -0.2) is 51.4 Å². The van der Waals surface area contributed by atoms with E-state index in [1.807, 2.05) is 30.3 Å². The number of nitrogens with zero attached hydrogens (tertiary/aromatic N) is 1. The van der Waals surface area contributed by atoms with E-state index in [4.69, 9.17) is 8.92 Å². The second kappa shape index (κ2) is 5.79. The van der Waals surface area contributed by atoms with Crippen LogP contribution in [0.3, 0.4) is 0 Å². The summed E-state index contributed by atoms with van der Waals surface area (Å²) < 4.78 is 34.5. The van der Waals surface area contributed by atoms with E-state index in [1.165, 1.54) is 0 Å². The summed E-state index contributed by atoms with van der Waals surface area (Å²) in [6.45, 7) is 4.48. The fourth-order valence-corrected chi connectivity index (χ4v) is 4.27. The van der Waals surface area contributed by atoms with Crippen LogP contribution in [0, 0.1) is 0 Å². The molecule has 0 amide bonds. The van der Waals surface area contributed by atoms with Crippen LogP contribution < -0.4 is 0 Å². The monoisotopic (exact) mass is 309 g/mol. The molecular weight excluding hydrogens is 290 g/mol. The Morgan fingerprint density at radius 1 is 1.14 bits per heavy atom. The third-order valence-corrected chi connectivity index (χ3v) is 5.13. The van der Waals surface area contributed by atoms with E-state index in [2.05, 4.69) is 4.90 Å². The highest BCUT2D eigenvalue weighted by molar-refractivity contribution is 7.86. The van der Waals surface area contributed by atoms with Crippen LogP contribution in [0.25, 0.3) is 5.57 Å². The molecule has 0 radical (unpaired) electrons. The average molecular weight is 309 g/mol. The van der Waals surface area contributed by atoms with Crippen molar-refractivity contribution in [3.8, 4) is 0 Å². The largest absolute Gasteiger partial charge is 0.387 e. The molecule has 0 spiro atoms. The lowest BCUT2D eigenvalue weighted by molar-refractivity contribution is 0.0296. The Morgan fingerprint density at radius 2 is 1.81 bits per heavy atom. The second-order valence-corrected chi connectivity index (χ2v) is 6.92. The van der Waals surface area contributed by atoms with Gasteiger partial charge in [-0.15, -0.1) is 0 Å². The minimum absolute atomic E-state index is 0.00539. The number of allylic oxidation sites excluding steroid dienone is 1. The highest BCUT2D eigenvalue weighted by Crippen LogP contribution is 2.33. The molecule has 5 nitrogen and oxygen atoms in total. The number of benzene rings is 1. The fourth-order valence-electron chi connectivity index (χ4n) is 2.97. The summed E-state index contributed by atoms with van der Waals surface area (Å²) in [4.78, 5) is 2.18. The Kier molecular flexibility index (Phi) is 4.01. The van der Waals surface area contributed by atoms with Gasteiger partial charge in [-0.1, -0.05) is 30.3 Å². The summed E-state index contributed by atoms with van der Waals surface area (Å²) in [7, 11) is -3.51. The fraction of sp³-hybridized carbons (Fsp3) is 0.467. The summed E-state index contributed by atoms with van der Waals surface area (Å²) in [5.41, 5.74) is 1.98. The Morgan fingerprint density at radius 3 is 2.48 bits per heavy atom. The lowest BCUT2D eigenvalue weighted by atomic mass is 9.96. The first kappa shape index (κ1) is 14.6. The van der Waals surface area contributed by atoms with E-state index in [1.54, 1.807) is 6.92 Å². The van der Waals surface area contributed by atoms with Crippen molar-refractivity contribution in [1.82, 2.24) is 4.90 Å². The van der Waals surface area contributed by atoms with Gasteiger partial charge < -0.3 is 8.92 Å². The Labute approximate surface area is 125 Å². The molecule has 1 unspecified atom stereocenters. The van der Waals surface area contributed by atoms with Gasteiger partial charge in [0.25, 0.3) is 0 Å². The van der Waals surface area contributed by atoms with Gasteiger partial charge in [0.15, 0.2) is 0 Å². The van der Waals surface area contributed by atoms with Crippen LogP contribution in [0.15, 0.2) is 36.1 Å². The van der Waals surface area contributed by atoms with Crippen molar-refractivity contribution in [2.45, 2.75) is 13.0 Å². The van der Waals surface area contributed by atoms with E-state index in [-0.39, 0.29) is 11.8 Å². The molecule has 3 rings (SSSR count). The van der Waals surface area contributed by atoms with Gasteiger partial charge in [0.1, 0.15) is 11.5 Å². The second-order valence-electron chi connectivity index (χ2n) is 5.31. The van der Waals surface area contributed by atoms with Crippen molar-refractivity contribution < 1.29 is 17.3 Å². The van der Waals surface area contributed by atoms with Gasteiger partial charge >= 0.3 is 10.1 Å². The number of morpholine rings is 1. The molecule has 1 saturated heterocycles. The van der Waals surface area contributed by atoms with Crippen LogP contribution in [0.5, 0.6) is 0 Å². The maximum atomic E-state index is 12.0. The molecule has 1 fully saturated rings. The Bertz CT molecular complexity index is 633. The van der Waals surface area contributed by atoms with Crippen molar-refractivity contribution in [3.63, 3.8) is 0 Å². The van der Waals surface area contributed by atoms with Gasteiger partial charge in [-0.05, 0) is 12.5 Å². The summed E-state index contributed by atoms with van der Waals surface area (Å²) in [5.74, 6) is 0.470. The average Bonchev–Trinajstić information content (AvgIpc) is 2.47. The maximum Gasteiger partial charge on any atom is 0.310 e. The third-order valence-electron chi connectivity index (χ3n) is 3.90. The van der Waals surface area contributed by atoms with Crippen molar-refractivity contribution >= 4 is 15.7 Å². The molecule has 0 aromatic heterocycles. The van der Waals surface area contributed by atoms with Crippen molar-refractivity contribution in [2.75, 3.05) is 32.1 Å². The molecular formula is C15H19NO4S. The van der Waals surface area contributed by atoms with Crippen LogP contribution in [0.2, 0.25) is 0 Å². The topological polar surface area (TPSA) is 55.8 Å². The number of hydrogen-bond donors (Lipinski definition) is 0. The highest BCUT2D eigenvalue weighted by Gasteiger charge is 2.36. The smallest absolute Gasteiger partial charge is 0.310 e. The summed E-state index contributed by atoms with van der Waals surface area (Å²) >= 11 is 0. The molecule has 2 aliphatic heterocycles. The third kappa shape index (κ3) is 3.12. The van der Waals surface area contributed by atoms with E-state index in [9.17, 15) is 8.42 Å². The molecule has 2 aliphatic rings. The SMILES string of the molecule is CC1=C(c2ccccc2)C(N2CCOCC2)CS(=O)(=O)O1. The minimum atomic E-state index is -3.51. The van der Waals surface area contributed by atoms with Crippen molar-refractivity contribution in [1.29, 1.82) is 0 Å². The van der Waals surface area contributed by atoms with Gasteiger partial charge in [0.2, 0.25) is 0 Å². The van der Waals surface area contributed by atoms with Crippen LogP contribution in [-0.2, 0) is 19.0 Å². The molecule has 114 valence electrons. The zero-order chi connectivity index (χ0) is 14.9. The summed E-state index contributed by atoms with van der Waals surface area (Å²) in [6.07, 6.45) is 0. The summed E-state index contributed by atoms with van der Waals surface area (Å²) in [5, 5.41) is 0. The molecule has 0 aliphatic carbocycles. The quantitative estimate of drug-likeness (QED) is 0.775. The lowest BCUT2D eigenvalue weighted by Crippen LogP contribution is -2.49. The first-order chi connectivity index (χ1) is 10.1. The molecule has 2 heterocycles. The first-order valence-electron chi connectivity index (χ1n) is 7.07. The standard InChI is InChI=1S/C15H19NO4S/c1-12-15(13-5-3-2-4-6-13)14(11-21(17,18)20-12)16-7-9-19-10-8-16/h2-6,14H,7-11H2,1H3. The number of rotatable bonds is 2. The predicted molar refractivity (Wildman–Crippen MR) is 80.1 cm³/mol. The molecule has 1 aromatic rings. The molecule has 1 aromatic carbocycles. The molecule has 1 atom stereocenters. The van der Waals surface area contributed by atoms with Gasteiger partial charge in [-0.2, -0.15) is 8.42 Å². The predicted octanol–water partition coefficient (Wildman–Crippen LogP) is 1.48. The first-order valence-corrected chi connectivity index (χ1v) is 8.65. The highest BCUT2D eigenvalue weighted by atomic mass is 32.2. The van der Waals surface area contributed by atoms with Gasteiger partial charge in [-0.25, -0.2) is 0 Å². The molecule has 0 N–H and O–H groups in total. The zero-order valence-corrected chi connectivity index (χ0v) is 12.8. The van der Waals surface area contributed by atoms with Gasteiger partial charge in [0.05, 0.1) is 19.3 Å². The van der Waals surface area contributed by atoms with Gasteiger partial charge in [0, 0.05) is 18.7 Å². The lowest BCUT2D eigenvalue weighted by Gasteiger charge is -2.38.